The van der Waals surface area contributed by atoms with Gasteiger partial charge in [-0.15, -0.1) is 11.3 Å². The zero-order valence-corrected chi connectivity index (χ0v) is 17.1. The predicted octanol–water partition coefficient (Wildman–Crippen LogP) is 3.47. The molecule has 2 heterocycles. The molecule has 0 spiro atoms. The monoisotopic (exact) mass is 394 g/mol. The van der Waals surface area contributed by atoms with E-state index in [9.17, 15) is 4.79 Å². The van der Waals surface area contributed by atoms with Gasteiger partial charge in [-0.1, -0.05) is 30.3 Å². The van der Waals surface area contributed by atoms with Crippen LogP contribution in [-0.2, 0) is 11.3 Å². The molecule has 0 unspecified atom stereocenters. The van der Waals surface area contributed by atoms with Crippen LogP contribution in [0.15, 0.2) is 54.6 Å². The molecule has 1 saturated heterocycles. The van der Waals surface area contributed by atoms with Crippen LogP contribution >= 0.6 is 11.3 Å². The molecule has 1 aliphatic heterocycles. The molecule has 1 aromatic heterocycles. The summed E-state index contributed by atoms with van der Waals surface area (Å²) in [6.07, 6.45) is 0. The van der Waals surface area contributed by atoms with Gasteiger partial charge >= 0.3 is 0 Å². The lowest BCUT2D eigenvalue weighted by Gasteiger charge is -2.34. The maximum absolute atomic E-state index is 12.8. The minimum absolute atomic E-state index is 0.174. The molecule has 3 aromatic rings. The highest BCUT2D eigenvalue weighted by Gasteiger charge is 2.22. The standard InChI is InChI=1S/C22H26N4OS/c1-2-26(18-8-4-3-5-9-18)22(27)17-25-14-12-24(13-15-25)16-21-23-19-10-6-7-11-20(19)28-21/h3-11H,2,12-17H2,1H3. The normalized spacial score (nSPS) is 15.8. The first kappa shape index (κ1) is 19.1. The Morgan fingerprint density at radius 1 is 1.00 bits per heavy atom. The Bertz CT molecular complexity index is 885. The topological polar surface area (TPSA) is 39.7 Å². The van der Waals surface area contributed by atoms with Gasteiger partial charge in [0.15, 0.2) is 0 Å². The third-order valence-electron chi connectivity index (χ3n) is 5.21. The van der Waals surface area contributed by atoms with E-state index in [1.54, 1.807) is 11.3 Å². The van der Waals surface area contributed by atoms with E-state index in [-0.39, 0.29) is 5.91 Å². The first-order valence-corrected chi connectivity index (χ1v) is 10.7. The van der Waals surface area contributed by atoms with Crippen molar-refractivity contribution < 1.29 is 4.79 Å². The number of anilines is 1. The molecule has 0 aliphatic carbocycles. The average Bonchev–Trinajstić information content (AvgIpc) is 3.13. The molecule has 0 bridgehead atoms. The van der Waals surface area contributed by atoms with E-state index in [1.165, 1.54) is 9.71 Å². The maximum atomic E-state index is 12.8. The summed E-state index contributed by atoms with van der Waals surface area (Å²) in [6.45, 7) is 7.89. The van der Waals surface area contributed by atoms with Gasteiger partial charge in [0.2, 0.25) is 5.91 Å². The fourth-order valence-electron chi connectivity index (χ4n) is 3.67. The maximum Gasteiger partial charge on any atom is 0.241 e. The summed E-state index contributed by atoms with van der Waals surface area (Å²) in [4.78, 5) is 24.1. The molecule has 0 N–H and O–H groups in total. The van der Waals surface area contributed by atoms with E-state index in [0.717, 1.165) is 43.9 Å². The van der Waals surface area contributed by atoms with Crippen molar-refractivity contribution in [3.8, 4) is 0 Å². The quantitative estimate of drug-likeness (QED) is 0.642. The number of nitrogens with zero attached hydrogens (tertiary/aromatic N) is 4. The highest BCUT2D eigenvalue weighted by Crippen LogP contribution is 2.23. The van der Waals surface area contributed by atoms with E-state index < -0.39 is 0 Å². The molecular weight excluding hydrogens is 368 g/mol. The molecule has 0 atom stereocenters. The number of fused-ring (bicyclic) bond motifs is 1. The lowest BCUT2D eigenvalue weighted by atomic mass is 10.2. The summed E-state index contributed by atoms with van der Waals surface area (Å²) in [5.41, 5.74) is 2.07. The average molecular weight is 395 g/mol. The minimum atomic E-state index is 0.174. The van der Waals surface area contributed by atoms with Crippen molar-refractivity contribution in [2.75, 3.05) is 44.2 Å². The number of hydrogen-bond acceptors (Lipinski definition) is 5. The number of thiazole rings is 1. The summed E-state index contributed by atoms with van der Waals surface area (Å²) in [6, 6.07) is 18.2. The molecule has 0 saturated carbocycles. The number of amides is 1. The van der Waals surface area contributed by atoms with Crippen molar-refractivity contribution in [3.05, 3.63) is 59.6 Å². The Labute approximate surface area is 170 Å². The van der Waals surface area contributed by atoms with E-state index in [2.05, 4.69) is 28.0 Å². The second-order valence-electron chi connectivity index (χ2n) is 7.10. The van der Waals surface area contributed by atoms with Gasteiger partial charge in [-0.25, -0.2) is 4.98 Å². The van der Waals surface area contributed by atoms with Crippen molar-refractivity contribution in [1.82, 2.24) is 14.8 Å². The van der Waals surface area contributed by atoms with Crippen molar-refractivity contribution in [2.24, 2.45) is 0 Å². The smallest absolute Gasteiger partial charge is 0.241 e. The Morgan fingerprint density at radius 3 is 2.39 bits per heavy atom. The Kier molecular flexibility index (Phi) is 6.00. The molecule has 1 amide bonds. The zero-order chi connectivity index (χ0) is 19.3. The third-order valence-corrected chi connectivity index (χ3v) is 6.23. The van der Waals surface area contributed by atoms with Gasteiger partial charge in [-0.2, -0.15) is 0 Å². The molecule has 0 radical (unpaired) electrons. The number of para-hydroxylation sites is 2. The van der Waals surface area contributed by atoms with Crippen LogP contribution in [-0.4, -0.2) is 60.0 Å². The summed E-state index contributed by atoms with van der Waals surface area (Å²) in [5, 5.41) is 1.17. The Balaban J connectivity index is 1.29. The number of aromatic nitrogens is 1. The highest BCUT2D eigenvalue weighted by atomic mass is 32.1. The number of piperazine rings is 1. The summed E-state index contributed by atoms with van der Waals surface area (Å²) in [5.74, 6) is 0.174. The second kappa shape index (κ2) is 8.82. The predicted molar refractivity (Wildman–Crippen MR) is 116 cm³/mol. The third kappa shape index (κ3) is 4.41. The van der Waals surface area contributed by atoms with Crippen molar-refractivity contribution >= 4 is 33.1 Å². The SMILES string of the molecule is CCN(C(=O)CN1CCN(Cc2nc3ccccc3s2)CC1)c1ccccc1. The fraction of sp³-hybridized carbons (Fsp3) is 0.364. The number of benzene rings is 2. The van der Waals surface area contributed by atoms with Gasteiger partial charge in [0, 0.05) is 38.4 Å². The molecule has 4 rings (SSSR count). The number of likely N-dealkylation sites (N-methyl/N-ethyl adjacent to an activating group) is 1. The minimum Gasteiger partial charge on any atom is -0.312 e. The number of rotatable bonds is 6. The van der Waals surface area contributed by atoms with E-state index in [0.29, 0.717) is 13.1 Å². The van der Waals surface area contributed by atoms with E-state index >= 15 is 0 Å². The van der Waals surface area contributed by atoms with Gasteiger partial charge in [-0.3, -0.25) is 14.6 Å². The number of hydrogen-bond donors (Lipinski definition) is 0. The Hall–Kier alpha value is -2.28. The summed E-state index contributed by atoms with van der Waals surface area (Å²) < 4.78 is 1.25. The van der Waals surface area contributed by atoms with E-state index in [4.69, 9.17) is 4.98 Å². The zero-order valence-electron chi connectivity index (χ0n) is 16.3. The van der Waals surface area contributed by atoms with Crippen LogP contribution in [0.1, 0.15) is 11.9 Å². The first-order valence-electron chi connectivity index (χ1n) is 9.87. The van der Waals surface area contributed by atoms with Crippen LogP contribution < -0.4 is 4.90 Å². The second-order valence-corrected chi connectivity index (χ2v) is 8.22. The molecule has 5 nitrogen and oxygen atoms in total. The van der Waals surface area contributed by atoms with Crippen LogP contribution in [0.2, 0.25) is 0 Å². The first-order chi connectivity index (χ1) is 13.7. The van der Waals surface area contributed by atoms with Gasteiger partial charge in [-0.05, 0) is 31.2 Å². The van der Waals surface area contributed by atoms with Gasteiger partial charge in [0.25, 0.3) is 0 Å². The van der Waals surface area contributed by atoms with Crippen LogP contribution in [0.4, 0.5) is 5.69 Å². The van der Waals surface area contributed by atoms with Gasteiger partial charge in [0.1, 0.15) is 5.01 Å². The molecular formula is C22H26N4OS. The van der Waals surface area contributed by atoms with Crippen LogP contribution in [0, 0.1) is 0 Å². The van der Waals surface area contributed by atoms with E-state index in [1.807, 2.05) is 48.2 Å². The molecule has 2 aromatic carbocycles. The molecule has 6 heteroatoms. The van der Waals surface area contributed by atoms with Crippen molar-refractivity contribution in [2.45, 2.75) is 13.5 Å². The van der Waals surface area contributed by atoms with Crippen LogP contribution in [0.3, 0.4) is 0 Å². The molecule has 146 valence electrons. The Morgan fingerprint density at radius 2 is 1.68 bits per heavy atom. The molecule has 1 aliphatic rings. The van der Waals surface area contributed by atoms with Crippen molar-refractivity contribution in [1.29, 1.82) is 0 Å². The number of carbonyl (C=O) groups is 1. The van der Waals surface area contributed by atoms with Crippen LogP contribution in [0.5, 0.6) is 0 Å². The van der Waals surface area contributed by atoms with Gasteiger partial charge in [0.05, 0.1) is 23.3 Å². The largest absolute Gasteiger partial charge is 0.312 e. The fourth-order valence-corrected chi connectivity index (χ4v) is 4.68. The van der Waals surface area contributed by atoms with Crippen LogP contribution in [0.25, 0.3) is 10.2 Å². The summed E-state index contributed by atoms with van der Waals surface area (Å²) in [7, 11) is 0. The highest BCUT2D eigenvalue weighted by molar-refractivity contribution is 7.18. The number of carbonyl (C=O) groups excluding carboxylic acids is 1. The lowest BCUT2D eigenvalue weighted by molar-refractivity contribution is -0.120. The lowest BCUT2D eigenvalue weighted by Crippen LogP contribution is -2.49. The molecule has 28 heavy (non-hydrogen) atoms. The van der Waals surface area contributed by atoms with Gasteiger partial charge < -0.3 is 4.90 Å². The summed E-state index contributed by atoms with van der Waals surface area (Å²) >= 11 is 1.78. The van der Waals surface area contributed by atoms with Crippen molar-refractivity contribution in [3.63, 3.8) is 0 Å². The molecule has 1 fully saturated rings.